The van der Waals surface area contributed by atoms with E-state index in [9.17, 15) is 0 Å². The predicted octanol–water partition coefficient (Wildman–Crippen LogP) is 2.90. The van der Waals surface area contributed by atoms with Gasteiger partial charge in [-0.05, 0) is 30.5 Å². The zero-order chi connectivity index (χ0) is 13.8. The van der Waals surface area contributed by atoms with Gasteiger partial charge in [0.15, 0.2) is 5.16 Å². The van der Waals surface area contributed by atoms with Gasteiger partial charge < -0.3 is 5.73 Å². The fraction of sp³-hybridized carbons (Fsp3) is 0.385. The quantitative estimate of drug-likeness (QED) is 0.922. The van der Waals surface area contributed by atoms with Gasteiger partial charge in [0.2, 0.25) is 0 Å². The lowest BCUT2D eigenvalue weighted by atomic mass is 10.1. The predicted molar refractivity (Wildman–Crippen MR) is 78.5 cm³/mol. The monoisotopic (exact) mass is 296 g/mol. The smallest absolute Gasteiger partial charge is 0.190 e. The molecule has 0 spiro atoms. The third-order valence-corrected chi connectivity index (χ3v) is 4.30. The van der Waals surface area contributed by atoms with Crippen LogP contribution in [-0.4, -0.2) is 20.8 Å². The van der Waals surface area contributed by atoms with Crippen LogP contribution in [0.25, 0.3) is 0 Å². The topological polar surface area (TPSA) is 56.7 Å². The van der Waals surface area contributed by atoms with Crippen molar-refractivity contribution >= 4 is 23.4 Å². The van der Waals surface area contributed by atoms with Gasteiger partial charge >= 0.3 is 0 Å². The molecule has 1 unspecified atom stereocenters. The summed E-state index contributed by atoms with van der Waals surface area (Å²) in [5.41, 5.74) is 7.05. The summed E-state index contributed by atoms with van der Waals surface area (Å²) in [4.78, 5) is 5.23. The Bertz CT molecular complexity index is 555. The molecule has 19 heavy (non-hydrogen) atoms. The van der Waals surface area contributed by atoms with E-state index in [0.717, 1.165) is 33.5 Å². The van der Waals surface area contributed by atoms with E-state index in [0.29, 0.717) is 0 Å². The first-order chi connectivity index (χ1) is 9.10. The Balaban J connectivity index is 2.12. The molecule has 1 atom stereocenters. The van der Waals surface area contributed by atoms with Crippen molar-refractivity contribution in [1.29, 1.82) is 0 Å². The zero-order valence-electron chi connectivity index (χ0n) is 11.0. The van der Waals surface area contributed by atoms with Crippen molar-refractivity contribution in [3.05, 3.63) is 35.1 Å². The highest BCUT2D eigenvalue weighted by Gasteiger charge is 2.09. The number of aryl methyl sites for hydroxylation is 1. The third-order valence-electron chi connectivity index (χ3n) is 2.91. The highest BCUT2D eigenvalue weighted by Crippen LogP contribution is 2.29. The van der Waals surface area contributed by atoms with Crippen LogP contribution >= 0.6 is 23.4 Å². The van der Waals surface area contributed by atoms with Crippen molar-refractivity contribution in [1.82, 2.24) is 14.8 Å². The van der Waals surface area contributed by atoms with E-state index in [1.54, 1.807) is 22.8 Å². The summed E-state index contributed by atoms with van der Waals surface area (Å²) in [5, 5.41) is 5.64. The van der Waals surface area contributed by atoms with Crippen LogP contribution in [0.2, 0.25) is 5.02 Å². The number of rotatable bonds is 5. The van der Waals surface area contributed by atoms with Crippen LogP contribution in [0.4, 0.5) is 0 Å². The van der Waals surface area contributed by atoms with Crippen molar-refractivity contribution in [2.24, 2.45) is 12.8 Å². The molecule has 6 heteroatoms. The Hall–Kier alpha value is -1.04. The maximum absolute atomic E-state index is 6.30. The summed E-state index contributed by atoms with van der Waals surface area (Å²) in [5.74, 6) is 0. The molecule has 0 aliphatic heterocycles. The molecule has 1 heterocycles. The van der Waals surface area contributed by atoms with Gasteiger partial charge in [-0.1, -0.05) is 36.4 Å². The summed E-state index contributed by atoms with van der Waals surface area (Å²) in [7, 11) is 1.87. The molecule has 0 aliphatic rings. The first-order valence-corrected chi connectivity index (χ1v) is 7.35. The van der Waals surface area contributed by atoms with Crippen molar-refractivity contribution in [3.8, 4) is 0 Å². The standard InChI is InChI=1S/C13H17ClN4S/c1-3-10(15)6-9-4-5-11(7-12(9)14)19-13-16-8-17-18(13)2/h4-5,7-8,10H,3,6,15H2,1-2H3. The van der Waals surface area contributed by atoms with Gasteiger partial charge in [0.1, 0.15) is 6.33 Å². The summed E-state index contributed by atoms with van der Waals surface area (Å²) in [6, 6.07) is 6.20. The molecule has 0 fully saturated rings. The molecule has 1 aromatic carbocycles. The van der Waals surface area contributed by atoms with Crippen molar-refractivity contribution in [2.45, 2.75) is 35.9 Å². The molecule has 0 saturated carbocycles. The first kappa shape index (κ1) is 14.4. The van der Waals surface area contributed by atoms with E-state index in [4.69, 9.17) is 17.3 Å². The van der Waals surface area contributed by atoms with Crippen LogP contribution in [0.15, 0.2) is 34.6 Å². The Morgan fingerprint density at radius 3 is 2.84 bits per heavy atom. The Kier molecular flexibility index (Phi) is 4.85. The minimum atomic E-state index is 0.162. The Morgan fingerprint density at radius 1 is 1.47 bits per heavy atom. The number of nitrogens with two attached hydrogens (primary N) is 1. The molecular weight excluding hydrogens is 280 g/mol. The minimum Gasteiger partial charge on any atom is -0.327 e. The molecule has 0 saturated heterocycles. The van der Waals surface area contributed by atoms with Crippen molar-refractivity contribution < 1.29 is 0 Å². The number of halogens is 1. The van der Waals surface area contributed by atoms with E-state index < -0.39 is 0 Å². The normalized spacial score (nSPS) is 12.6. The molecule has 4 nitrogen and oxygen atoms in total. The van der Waals surface area contributed by atoms with Crippen LogP contribution < -0.4 is 5.73 Å². The van der Waals surface area contributed by atoms with Crippen LogP contribution in [-0.2, 0) is 13.5 Å². The number of hydrogen-bond donors (Lipinski definition) is 1. The Morgan fingerprint density at radius 2 is 2.26 bits per heavy atom. The van der Waals surface area contributed by atoms with E-state index in [1.165, 1.54) is 0 Å². The molecule has 102 valence electrons. The average molecular weight is 297 g/mol. The van der Waals surface area contributed by atoms with E-state index >= 15 is 0 Å². The largest absolute Gasteiger partial charge is 0.327 e. The van der Waals surface area contributed by atoms with Crippen LogP contribution in [0.1, 0.15) is 18.9 Å². The molecule has 2 N–H and O–H groups in total. The maximum Gasteiger partial charge on any atom is 0.190 e. The lowest BCUT2D eigenvalue weighted by Crippen LogP contribution is -2.21. The summed E-state index contributed by atoms with van der Waals surface area (Å²) in [6.45, 7) is 2.08. The van der Waals surface area contributed by atoms with Gasteiger partial charge in [0, 0.05) is 23.0 Å². The first-order valence-electron chi connectivity index (χ1n) is 6.16. The highest BCUT2D eigenvalue weighted by molar-refractivity contribution is 7.99. The van der Waals surface area contributed by atoms with Crippen molar-refractivity contribution in [2.75, 3.05) is 0 Å². The van der Waals surface area contributed by atoms with Gasteiger partial charge in [-0.25, -0.2) is 9.67 Å². The van der Waals surface area contributed by atoms with Crippen LogP contribution in [0.5, 0.6) is 0 Å². The number of nitrogens with zero attached hydrogens (tertiary/aromatic N) is 3. The lowest BCUT2D eigenvalue weighted by Gasteiger charge is -2.11. The molecule has 1 aromatic heterocycles. The molecule has 2 aromatic rings. The van der Waals surface area contributed by atoms with Crippen LogP contribution in [0.3, 0.4) is 0 Å². The van der Waals surface area contributed by atoms with Gasteiger partial charge in [-0.3, -0.25) is 0 Å². The molecule has 0 radical (unpaired) electrons. The summed E-state index contributed by atoms with van der Waals surface area (Å²) in [6.07, 6.45) is 3.30. The molecule has 2 rings (SSSR count). The fourth-order valence-electron chi connectivity index (χ4n) is 1.67. The van der Waals surface area contributed by atoms with Gasteiger partial charge in [0.25, 0.3) is 0 Å². The number of aromatic nitrogens is 3. The summed E-state index contributed by atoms with van der Waals surface area (Å²) >= 11 is 7.84. The van der Waals surface area contributed by atoms with Gasteiger partial charge in [-0.15, -0.1) is 0 Å². The highest BCUT2D eigenvalue weighted by atomic mass is 35.5. The van der Waals surface area contributed by atoms with Gasteiger partial charge in [0.05, 0.1) is 0 Å². The van der Waals surface area contributed by atoms with E-state index in [1.807, 2.05) is 25.2 Å². The molecule has 0 aliphatic carbocycles. The fourth-order valence-corrected chi connectivity index (χ4v) is 2.79. The zero-order valence-corrected chi connectivity index (χ0v) is 12.6. The number of benzene rings is 1. The second kappa shape index (κ2) is 6.41. The van der Waals surface area contributed by atoms with E-state index in [2.05, 4.69) is 17.0 Å². The second-order valence-corrected chi connectivity index (χ2v) is 5.84. The maximum atomic E-state index is 6.30. The third kappa shape index (κ3) is 3.72. The van der Waals surface area contributed by atoms with Crippen molar-refractivity contribution in [3.63, 3.8) is 0 Å². The molecule has 0 amide bonds. The number of hydrogen-bond acceptors (Lipinski definition) is 4. The Labute approximate surface area is 122 Å². The van der Waals surface area contributed by atoms with Gasteiger partial charge in [-0.2, -0.15) is 5.10 Å². The molecular formula is C13H17ClN4S. The van der Waals surface area contributed by atoms with E-state index in [-0.39, 0.29) is 6.04 Å². The second-order valence-electron chi connectivity index (χ2n) is 4.39. The molecule has 0 bridgehead atoms. The summed E-state index contributed by atoms with van der Waals surface area (Å²) < 4.78 is 1.74. The average Bonchev–Trinajstić information content (AvgIpc) is 2.78. The minimum absolute atomic E-state index is 0.162. The lowest BCUT2D eigenvalue weighted by molar-refractivity contribution is 0.646. The SMILES string of the molecule is CCC(N)Cc1ccc(Sc2ncnn2C)cc1Cl. The van der Waals surface area contributed by atoms with Crippen LogP contribution in [0, 0.1) is 0 Å².